The van der Waals surface area contributed by atoms with E-state index in [-0.39, 0.29) is 59.4 Å². The molecule has 35 heavy (non-hydrogen) atoms. The van der Waals surface area contributed by atoms with E-state index in [0.29, 0.717) is 0 Å². The van der Waals surface area contributed by atoms with Crippen molar-refractivity contribution in [2.75, 3.05) is 0 Å². The topological polar surface area (TPSA) is 12.4 Å². The summed E-state index contributed by atoms with van der Waals surface area (Å²) in [7, 11) is -0.310. The second kappa shape index (κ2) is 14.9. The average molecular weight is 597 g/mol. The maximum Gasteiger partial charge on any atom is 3.00 e. The fourth-order valence-electron chi connectivity index (χ4n) is 4.13. The predicted molar refractivity (Wildman–Crippen MR) is 144 cm³/mol. The van der Waals surface area contributed by atoms with Gasteiger partial charge in [-0.15, -0.1) is 34.5 Å². The van der Waals surface area contributed by atoms with Crippen molar-refractivity contribution in [2.24, 2.45) is 4.99 Å². The van der Waals surface area contributed by atoms with E-state index in [4.69, 9.17) is 0 Å². The number of benzene rings is 2. The average Bonchev–Trinajstić information content (AvgIpc) is 3.45. The Labute approximate surface area is 243 Å². The Balaban J connectivity index is 0.000000341. The summed E-state index contributed by atoms with van der Waals surface area (Å²) in [5, 5.41) is 2.65. The van der Waals surface area contributed by atoms with Gasteiger partial charge < -0.3 is 24.8 Å². The molecule has 0 N–H and O–H groups in total. The minimum Gasteiger partial charge on any atom is -1.00 e. The summed E-state index contributed by atoms with van der Waals surface area (Å²) in [4.78, 5) is 4.54. The largest absolute Gasteiger partial charge is 3.00 e. The SMILES string of the molecule is CC1=CC2=CC(C=[Si](C)C)=NC2=C1.CCCCc1ccc(-c2cc3ccccc3[cH-]2)cc1.[Cl-].[Cl-].[Zr+3]. The van der Waals surface area contributed by atoms with Gasteiger partial charge in [0.15, 0.2) is 0 Å². The van der Waals surface area contributed by atoms with E-state index in [1.54, 1.807) is 0 Å². The van der Waals surface area contributed by atoms with Crippen LogP contribution in [0.25, 0.3) is 21.9 Å². The van der Waals surface area contributed by atoms with Gasteiger partial charge >= 0.3 is 26.2 Å². The molecule has 3 aromatic carbocycles. The first-order chi connectivity index (χ1) is 15.5. The van der Waals surface area contributed by atoms with Gasteiger partial charge in [-0.05, 0) is 49.1 Å². The summed E-state index contributed by atoms with van der Waals surface area (Å²) >= 11 is 0. The van der Waals surface area contributed by atoms with E-state index < -0.39 is 0 Å². The molecule has 0 bridgehead atoms. The Morgan fingerprint density at radius 2 is 1.66 bits per heavy atom. The van der Waals surface area contributed by atoms with Crippen LogP contribution in [0.1, 0.15) is 32.3 Å². The molecule has 1 nitrogen and oxygen atoms in total. The molecular weight excluding hydrogens is 565 g/mol. The fraction of sp³-hybridized carbons (Fsp3) is 0.233. The minimum atomic E-state index is -0.310. The molecule has 0 atom stereocenters. The van der Waals surface area contributed by atoms with Crippen LogP contribution in [-0.2, 0) is 32.6 Å². The van der Waals surface area contributed by atoms with Crippen LogP contribution in [0, 0.1) is 0 Å². The molecule has 179 valence electrons. The van der Waals surface area contributed by atoms with Gasteiger partial charge in [0.05, 0.1) is 11.4 Å². The van der Waals surface area contributed by atoms with E-state index in [0.717, 1.165) is 11.4 Å². The van der Waals surface area contributed by atoms with Gasteiger partial charge in [0.1, 0.15) is 0 Å². The van der Waals surface area contributed by atoms with Crippen LogP contribution in [-0.4, -0.2) is 19.8 Å². The summed E-state index contributed by atoms with van der Waals surface area (Å²) in [6, 6.07) is 22.1. The van der Waals surface area contributed by atoms with Crippen LogP contribution in [0.3, 0.4) is 0 Å². The Morgan fingerprint density at radius 3 is 2.29 bits per heavy atom. The summed E-state index contributed by atoms with van der Waals surface area (Å²) in [5.74, 6) is 0. The van der Waals surface area contributed by atoms with Gasteiger partial charge in [0.25, 0.3) is 0 Å². The van der Waals surface area contributed by atoms with Crippen LogP contribution in [0.2, 0.25) is 13.1 Å². The van der Waals surface area contributed by atoms with Gasteiger partial charge in [-0.1, -0.05) is 80.1 Å². The minimum absolute atomic E-state index is 0. The van der Waals surface area contributed by atoms with Crippen molar-refractivity contribution in [3.63, 3.8) is 0 Å². The standard InChI is InChI=1S/C19H19.C11H13NSi.2ClH.Zr/c1-2-3-6-15-9-11-16(12-10-15)19-13-17-7-4-5-8-18(17)14-19;1-8-4-9-6-10(7-13(2)3)12-11(9)5-8;;;/h4-5,7-14H,2-3,6H2,1H3;4-7H,1-3H3;2*1H;/q-1;;;;+3/p-2. The van der Waals surface area contributed by atoms with Crippen LogP contribution in [0.5, 0.6) is 0 Å². The van der Waals surface area contributed by atoms with Gasteiger partial charge in [-0.2, -0.15) is 0 Å². The number of hydrogen-bond acceptors (Lipinski definition) is 1. The van der Waals surface area contributed by atoms with Gasteiger partial charge in [0.2, 0.25) is 0 Å². The van der Waals surface area contributed by atoms with Gasteiger partial charge in [-0.3, -0.25) is 0 Å². The van der Waals surface area contributed by atoms with Crippen LogP contribution in [0.15, 0.2) is 101 Å². The van der Waals surface area contributed by atoms with E-state index >= 15 is 0 Å². The molecule has 1 heterocycles. The van der Waals surface area contributed by atoms with Crippen molar-refractivity contribution >= 4 is 30.6 Å². The molecule has 5 rings (SSSR count). The molecule has 0 fully saturated rings. The second-order valence-electron chi connectivity index (χ2n) is 8.95. The van der Waals surface area contributed by atoms with E-state index in [2.05, 4.69) is 116 Å². The molecule has 2 aliphatic rings. The maximum absolute atomic E-state index is 4.54. The molecule has 1 aliphatic carbocycles. The number of hydrogen-bond donors (Lipinski definition) is 0. The van der Waals surface area contributed by atoms with Crippen molar-refractivity contribution in [1.82, 2.24) is 0 Å². The first-order valence-corrected chi connectivity index (χ1v) is 14.2. The second-order valence-corrected chi connectivity index (χ2v) is 11.4. The summed E-state index contributed by atoms with van der Waals surface area (Å²) in [6.07, 6.45) is 10.2. The number of nitrogens with zero attached hydrogens (tertiary/aromatic N) is 1. The van der Waals surface area contributed by atoms with Crippen molar-refractivity contribution < 1.29 is 51.0 Å². The molecular formula is C30H32Cl2NSiZr. The number of allylic oxidation sites excluding steroid dienone is 4. The normalized spacial score (nSPS) is 12.9. The smallest absolute Gasteiger partial charge is 1.00 e. The van der Waals surface area contributed by atoms with Crippen molar-refractivity contribution in [1.29, 1.82) is 0 Å². The third-order valence-corrected chi connectivity index (χ3v) is 6.63. The van der Waals surface area contributed by atoms with E-state index in [1.165, 1.54) is 57.9 Å². The number of halogens is 2. The number of aliphatic imine (C=N–C) groups is 1. The van der Waals surface area contributed by atoms with Gasteiger partial charge in [-0.25, -0.2) is 4.99 Å². The zero-order chi connectivity index (χ0) is 22.5. The first-order valence-electron chi connectivity index (χ1n) is 11.6. The quantitative estimate of drug-likeness (QED) is 0.316. The maximum atomic E-state index is 4.54. The van der Waals surface area contributed by atoms with Crippen molar-refractivity contribution in [2.45, 2.75) is 46.2 Å². The van der Waals surface area contributed by atoms with Gasteiger partial charge in [0, 0.05) is 14.0 Å². The molecule has 3 aromatic rings. The number of fused-ring (bicyclic) bond motifs is 2. The Morgan fingerprint density at radius 1 is 0.943 bits per heavy atom. The summed E-state index contributed by atoms with van der Waals surface area (Å²) in [6.45, 7) is 8.90. The number of aryl methyl sites for hydroxylation is 1. The van der Waals surface area contributed by atoms with Crippen LogP contribution in [0.4, 0.5) is 0 Å². The molecule has 1 aliphatic heterocycles. The first kappa shape index (κ1) is 31.5. The molecule has 0 aromatic heterocycles. The van der Waals surface area contributed by atoms with Crippen LogP contribution < -0.4 is 24.8 Å². The van der Waals surface area contributed by atoms with Crippen LogP contribution >= 0.6 is 0 Å². The zero-order valence-corrected chi connectivity index (χ0v) is 25.9. The Bertz CT molecular complexity index is 1240. The predicted octanol–water partition coefficient (Wildman–Crippen LogP) is 1.92. The molecule has 0 amide bonds. The number of unbranched alkanes of at least 4 members (excludes halogenated alkanes) is 1. The molecule has 1 radical (unpaired) electrons. The molecule has 5 heteroatoms. The molecule has 0 saturated heterocycles. The number of rotatable bonds is 5. The third kappa shape index (κ3) is 8.53. The summed E-state index contributed by atoms with van der Waals surface area (Å²) < 4.78 is 0. The third-order valence-electron chi connectivity index (χ3n) is 5.76. The van der Waals surface area contributed by atoms with Crippen molar-refractivity contribution in [3.05, 3.63) is 101 Å². The van der Waals surface area contributed by atoms with Crippen molar-refractivity contribution in [3.8, 4) is 11.1 Å². The zero-order valence-electron chi connectivity index (χ0n) is 20.9. The fourth-order valence-corrected chi connectivity index (χ4v) is 4.87. The molecule has 0 unspecified atom stereocenters. The van der Waals surface area contributed by atoms with E-state index in [1.807, 2.05) is 0 Å². The Kier molecular flexibility index (Phi) is 13.4. The Hall–Kier alpha value is -1.51. The molecule has 0 spiro atoms. The molecule has 0 saturated carbocycles. The monoisotopic (exact) mass is 594 g/mol. The van der Waals surface area contributed by atoms with E-state index in [9.17, 15) is 0 Å². The summed E-state index contributed by atoms with van der Waals surface area (Å²) in [5.41, 5.74) is 11.3.